The number of amides is 1. The molecule has 0 fully saturated rings. The molecule has 2 aromatic carbocycles. The first-order chi connectivity index (χ1) is 14.0. The van der Waals surface area contributed by atoms with Crippen molar-refractivity contribution in [1.82, 2.24) is 4.57 Å². The molecule has 0 radical (unpaired) electrons. The van der Waals surface area contributed by atoms with Gasteiger partial charge in [-0.15, -0.1) is 0 Å². The molecular formula is C22H20N4O3. The number of nitrogens with one attached hydrogen (secondary N) is 1. The molecule has 0 saturated carbocycles. The number of esters is 1. The summed E-state index contributed by atoms with van der Waals surface area (Å²) in [5.74, 6) is -1.04. The van der Waals surface area contributed by atoms with E-state index < -0.39 is 5.97 Å². The maximum absolute atomic E-state index is 13.1. The molecule has 1 amide bonds. The number of aryl methyl sites for hydroxylation is 1. The van der Waals surface area contributed by atoms with E-state index in [1.807, 2.05) is 37.3 Å². The number of nitrogens with zero attached hydrogens (tertiary/aromatic N) is 2. The van der Waals surface area contributed by atoms with E-state index in [1.54, 1.807) is 24.3 Å². The number of methoxy groups -OCH3 is 1. The molecule has 0 bridgehead atoms. The number of rotatable bonds is 5. The molecule has 1 heterocycles. The van der Waals surface area contributed by atoms with E-state index >= 15 is 0 Å². The number of hydrogen-bond acceptors (Lipinski definition) is 5. The van der Waals surface area contributed by atoms with E-state index in [1.165, 1.54) is 17.9 Å². The van der Waals surface area contributed by atoms with Gasteiger partial charge in [-0.1, -0.05) is 37.3 Å². The molecule has 3 aromatic rings. The van der Waals surface area contributed by atoms with Crippen LogP contribution in [0.3, 0.4) is 0 Å². The molecule has 7 nitrogen and oxygen atoms in total. The summed E-state index contributed by atoms with van der Waals surface area (Å²) in [6, 6.07) is 16.3. The highest BCUT2D eigenvalue weighted by atomic mass is 16.5. The van der Waals surface area contributed by atoms with Crippen LogP contribution in [0.4, 0.5) is 11.4 Å². The number of para-hydroxylation sites is 2. The highest BCUT2D eigenvalue weighted by Gasteiger charge is 2.24. The summed E-state index contributed by atoms with van der Waals surface area (Å²) in [4.78, 5) is 25.3. The Balaban J connectivity index is 2.10. The van der Waals surface area contributed by atoms with Crippen LogP contribution in [-0.2, 0) is 11.2 Å². The van der Waals surface area contributed by atoms with Crippen LogP contribution in [0, 0.1) is 11.3 Å². The van der Waals surface area contributed by atoms with Crippen LogP contribution < -0.4 is 11.1 Å². The molecule has 0 aliphatic rings. The first kappa shape index (κ1) is 19.7. The van der Waals surface area contributed by atoms with Crippen molar-refractivity contribution in [3.63, 3.8) is 0 Å². The van der Waals surface area contributed by atoms with Gasteiger partial charge in [0.15, 0.2) is 5.69 Å². The van der Waals surface area contributed by atoms with Gasteiger partial charge in [0, 0.05) is 11.9 Å². The van der Waals surface area contributed by atoms with Gasteiger partial charge in [-0.25, -0.2) is 4.79 Å². The van der Waals surface area contributed by atoms with Gasteiger partial charge in [0.1, 0.15) is 6.07 Å². The molecule has 3 rings (SSSR count). The van der Waals surface area contributed by atoms with Crippen LogP contribution in [0.5, 0.6) is 0 Å². The predicted molar refractivity (Wildman–Crippen MR) is 110 cm³/mol. The molecule has 3 N–H and O–H groups in total. The number of carbonyl (C=O) groups excluding carboxylic acids is 2. The van der Waals surface area contributed by atoms with Crippen LogP contribution in [0.1, 0.15) is 38.9 Å². The number of aromatic nitrogens is 1. The maximum atomic E-state index is 13.1. The van der Waals surface area contributed by atoms with Gasteiger partial charge in [-0.05, 0) is 30.2 Å². The molecule has 0 atom stereocenters. The number of nitriles is 1. The molecule has 29 heavy (non-hydrogen) atoms. The van der Waals surface area contributed by atoms with Gasteiger partial charge in [-0.2, -0.15) is 5.26 Å². The fourth-order valence-corrected chi connectivity index (χ4v) is 3.12. The first-order valence-corrected chi connectivity index (χ1v) is 8.99. The van der Waals surface area contributed by atoms with Crippen molar-refractivity contribution in [2.45, 2.75) is 13.3 Å². The lowest BCUT2D eigenvalue weighted by molar-refractivity contribution is 0.0592. The lowest BCUT2D eigenvalue weighted by atomic mass is 10.1. The summed E-state index contributed by atoms with van der Waals surface area (Å²) >= 11 is 0. The van der Waals surface area contributed by atoms with E-state index in [0.29, 0.717) is 16.9 Å². The van der Waals surface area contributed by atoms with Gasteiger partial charge in [0.05, 0.1) is 29.6 Å². The molecule has 0 aliphatic carbocycles. The molecule has 0 aliphatic heterocycles. The second-order valence-electron chi connectivity index (χ2n) is 6.26. The largest absolute Gasteiger partial charge is 0.464 e. The van der Waals surface area contributed by atoms with Crippen LogP contribution in [0.15, 0.2) is 54.7 Å². The molecule has 7 heteroatoms. The van der Waals surface area contributed by atoms with Crippen molar-refractivity contribution in [1.29, 1.82) is 5.26 Å². The summed E-state index contributed by atoms with van der Waals surface area (Å²) in [6.45, 7) is 2.01. The third-order valence-corrected chi connectivity index (χ3v) is 4.60. The first-order valence-electron chi connectivity index (χ1n) is 8.99. The molecule has 0 spiro atoms. The van der Waals surface area contributed by atoms with Crippen molar-refractivity contribution in [3.05, 3.63) is 77.1 Å². The predicted octanol–water partition coefficient (Wildman–Crippen LogP) is 3.53. The summed E-state index contributed by atoms with van der Waals surface area (Å²) in [7, 11) is 1.23. The lowest BCUT2D eigenvalue weighted by Gasteiger charge is -2.15. The van der Waals surface area contributed by atoms with Gasteiger partial charge in [0.25, 0.3) is 5.91 Å². The highest BCUT2D eigenvalue weighted by molar-refractivity contribution is 6.07. The molecule has 0 unspecified atom stereocenters. The second kappa shape index (κ2) is 8.31. The average Bonchev–Trinajstić information content (AvgIpc) is 3.09. The Bertz CT molecular complexity index is 1130. The zero-order chi connectivity index (χ0) is 21.0. The Morgan fingerprint density at radius 1 is 1.17 bits per heavy atom. The average molecular weight is 388 g/mol. The quantitative estimate of drug-likeness (QED) is 0.650. The Hall–Kier alpha value is -4.05. The number of nitrogens with two attached hydrogens (primary N) is 1. The van der Waals surface area contributed by atoms with E-state index in [9.17, 15) is 14.9 Å². The van der Waals surface area contributed by atoms with Crippen LogP contribution in [0.2, 0.25) is 0 Å². The molecule has 0 saturated heterocycles. The van der Waals surface area contributed by atoms with Crippen molar-refractivity contribution in [2.75, 3.05) is 18.2 Å². The highest BCUT2D eigenvalue weighted by Crippen LogP contribution is 2.27. The third-order valence-electron chi connectivity index (χ3n) is 4.60. The minimum Gasteiger partial charge on any atom is -0.464 e. The number of carbonyl (C=O) groups is 2. The van der Waals surface area contributed by atoms with E-state index in [0.717, 1.165) is 12.0 Å². The topological polar surface area (TPSA) is 110 Å². The minimum atomic E-state index is -0.699. The number of anilines is 2. The van der Waals surface area contributed by atoms with Gasteiger partial charge < -0.3 is 20.4 Å². The standard InChI is InChI=1S/C22H20N4O3/c1-3-14-8-4-6-10-17(14)25-21(27)16-9-5-7-11-18(16)26-13-15(12-23)19(24)20(26)22(28)29-2/h4-11,13H,3,24H2,1-2H3,(H,25,27). The van der Waals surface area contributed by atoms with E-state index in [-0.39, 0.29) is 22.9 Å². The molecule has 146 valence electrons. The van der Waals surface area contributed by atoms with E-state index in [2.05, 4.69) is 5.32 Å². The Morgan fingerprint density at radius 2 is 1.86 bits per heavy atom. The van der Waals surface area contributed by atoms with Crippen molar-refractivity contribution >= 4 is 23.3 Å². The maximum Gasteiger partial charge on any atom is 0.357 e. The monoisotopic (exact) mass is 388 g/mol. The van der Waals surface area contributed by atoms with Crippen molar-refractivity contribution < 1.29 is 14.3 Å². The number of ether oxygens (including phenoxy) is 1. The summed E-state index contributed by atoms with van der Waals surface area (Å²) < 4.78 is 6.23. The Kier molecular flexibility index (Phi) is 5.65. The van der Waals surface area contributed by atoms with Gasteiger partial charge >= 0.3 is 5.97 Å². The van der Waals surface area contributed by atoms with Crippen LogP contribution in [-0.4, -0.2) is 23.6 Å². The van der Waals surface area contributed by atoms with E-state index in [4.69, 9.17) is 10.5 Å². The molecular weight excluding hydrogens is 368 g/mol. The number of benzene rings is 2. The number of hydrogen-bond donors (Lipinski definition) is 2. The fraction of sp³-hybridized carbons (Fsp3) is 0.136. The SMILES string of the molecule is CCc1ccccc1NC(=O)c1ccccc1-n1cc(C#N)c(N)c1C(=O)OC. The smallest absolute Gasteiger partial charge is 0.357 e. The van der Waals surface area contributed by atoms with Crippen molar-refractivity contribution in [2.24, 2.45) is 0 Å². The second-order valence-corrected chi connectivity index (χ2v) is 6.26. The minimum absolute atomic E-state index is 0.00161. The zero-order valence-corrected chi connectivity index (χ0v) is 16.1. The Morgan fingerprint density at radius 3 is 2.55 bits per heavy atom. The van der Waals surface area contributed by atoms with Gasteiger partial charge in [0.2, 0.25) is 0 Å². The lowest BCUT2D eigenvalue weighted by Crippen LogP contribution is -2.18. The number of nitrogen functional groups attached to an aromatic ring is 1. The van der Waals surface area contributed by atoms with Gasteiger partial charge in [-0.3, -0.25) is 4.79 Å². The fourth-order valence-electron chi connectivity index (χ4n) is 3.12. The van der Waals surface area contributed by atoms with Crippen LogP contribution in [0.25, 0.3) is 5.69 Å². The Labute approximate surface area is 168 Å². The normalized spacial score (nSPS) is 10.2. The molecule has 1 aromatic heterocycles. The zero-order valence-electron chi connectivity index (χ0n) is 16.1. The van der Waals surface area contributed by atoms with Crippen LogP contribution >= 0.6 is 0 Å². The summed E-state index contributed by atoms with van der Waals surface area (Å²) in [5.41, 5.74) is 8.55. The summed E-state index contributed by atoms with van der Waals surface area (Å²) in [6.07, 6.45) is 2.19. The van der Waals surface area contributed by atoms with Crippen molar-refractivity contribution in [3.8, 4) is 11.8 Å². The third kappa shape index (κ3) is 3.69. The summed E-state index contributed by atoms with van der Waals surface area (Å²) in [5, 5.41) is 12.2.